The lowest BCUT2D eigenvalue weighted by Gasteiger charge is -2.37. The van der Waals surface area contributed by atoms with Crippen LogP contribution < -0.4 is 5.19 Å². The molecule has 3 nitrogen and oxygen atoms in total. The van der Waals surface area contributed by atoms with Crippen molar-refractivity contribution in [2.24, 2.45) is 5.92 Å². The van der Waals surface area contributed by atoms with Crippen molar-refractivity contribution in [3.63, 3.8) is 0 Å². The topological polar surface area (TPSA) is 29.5 Å². The molecule has 2 aromatic rings. The molecule has 0 N–H and O–H groups in total. The second kappa shape index (κ2) is 12.2. The number of hydrogen-bond donors (Lipinski definition) is 0. The number of amides is 1. The van der Waals surface area contributed by atoms with Gasteiger partial charge in [-0.2, -0.15) is 0 Å². The molecule has 0 atom stereocenters. The predicted molar refractivity (Wildman–Crippen MR) is 141 cm³/mol. The summed E-state index contributed by atoms with van der Waals surface area (Å²) in [5.74, 6) is 0.583. The second-order valence-corrected chi connectivity index (χ2v) is 14.2. The summed E-state index contributed by atoms with van der Waals surface area (Å²) in [5, 5.41) is 3.28. The number of rotatable bonds is 9. The molecule has 0 radical (unpaired) electrons. The van der Waals surface area contributed by atoms with E-state index in [1.165, 1.54) is 30.9 Å². The van der Waals surface area contributed by atoms with E-state index in [-0.39, 0.29) is 6.09 Å². The molecule has 1 fully saturated rings. The summed E-state index contributed by atoms with van der Waals surface area (Å²) < 4.78 is 5.59. The van der Waals surface area contributed by atoms with E-state index in [1.807, 2.05) is 35.2 Å². The SMILES string of the molecule is CCC/C(=C(/CCC)[Si](C)(C)c1ccccc1)C1CCN(C(=O)OCc2ccccc2)CC1. The van der Waals surface area contributed by atoms with Crippen LogP contribution in [0.3, 0.4) is 0 Å². The summed E-state index contributed by atoms with van der Waals surface area (Å²) in [6.45, 7) is 11.6. The Morgan fingerprint density at radius 3 is 2.06 bits per heavy atom. The van der Waals surface area contributed by atoms with Crippen molar-refractivity contribution in [1.82, 2.24) is 4.90 Å². The van der Waals surface area contributed by atoms with E-state index in [2.05, 4.69) is 57.3 Å². The summed E-state index contributed by atoms with van der Waals surface area (Å²) >= 11 is 0. The van der Waals surface area contributed by atoms with Gasteiger partial charge in [-0.1, -0.05) is 116 Å². The van der Waals surface area contributed by atoms with Gasteiger partial charge in [-0.05, 0) is 37.2 Å². The van der Waals surface area contributed by atoms with Crippen molar-refractivity contribution >= 4 is 19.4 Å². The molecular weight excluding hydrogens is 422 g/mol. The van der Waals surface area contributed by atoms with Gasteiger partial charge < -0.3 is 9.64 Å². The third-order valence-electron chi connectivity index (χ3n) is 7.11. The van der Waals surface area contributed by atoms with Gasteiger partial charge in [-0.3, -0.25) is 0 Å². The van der Waals surface area contributed by atoms with Crippen molar-refractivity contribution < 1.29 is 9.53 Å². The highest BCUT2D eigenvalue weighted by Crippen LogP contribution is 2.35. The molecule has 0 spiro atoms. The van der Waals surface area contributed by atoms with Crippen LogP contribution in [-0.2, 0) is 11.3 Å². The van der Waals surface area contributed by atoms with Crippen molar-refractivity contribution in [2.45, 2.75) is 72.1 Å². The number of allylic oxidation sites excluding steroid dienone is 2. The van der Waals surface area contributed by atoms with Crippen LogP contribution in [0, 0.1) is 5.92 Å². The van der Waals surface area contributed by atoms with E-state index in [9.17, 15) is 4.79 Å². The van der Waals surface area contributed by atoms with E-state index in [0.29, 0.717) is 12.5 Å². The zero-order valence-corrected chi connectivity index (χ0v) is 22.0. The van der Waals surface area contributed by atoms with E-state index in [0.717, 1.165) is 31.5 Å². The summed E-state index contributed by atoms with van der Waals surface area (Å²) in [6.07, 6.45) is 6.66. The first kappa shape index (κ1) is 25.3. The van der Waals surface area contributed by atoms with Crippen LogP contribution in [0.5, 0.6) is 0 Å². The predicted octanol–water partition coefficient (Wildman–Crippen LogP) is 7.09. The Balaban J connectivity index is 1.72. The third kappa shape index (κ3) is 6.60. The smallest absolute Gasteiger partial charge is 0.410 e. The van der Waals surface area contributed by atoms with Gasteiger partial charge in [-0.15, -0.1) is 0 Å². The Labute approximate surface area is 201 Å². The maximum Gasteiger partial charge on any atom is 0.410 e. The lowest BCUT2D eigenvalue weighted by atomic mass is 9.86. The van der Waals surface area contributed by atoms with Crippen molar-refractivity contribution in [3.8, 4) is 0 Å². The van der Waals surface area contributed by atoms with Crippen LogP contribution in [-0.4, -0.2) is 32.2 Å². The summed E-state index contributed by atoms with van der Waals surface area (Å²) in [6, 6.07) is 21.1. The Bertz CT molecular complexity index is 900. The fourth-order valence-electron chi connectivity index (χ4n) is 5.25. The number of piperidine rings is 1. The molecule has 1 aliphatic heterocycles. The molecule has 33 heavy (non-hydrogen) atoms. The van der Waals surface area contributed by atoms with Crippen LogP contribution in [0.4, 0.5) is 4.79 Å². The van der Waals surface area contributed by atoms with Crippen molar-refractivity contribution in [2.75, 3.05) is 13.1 Å². The average molecular weight is 464 g/mol. The zero-order chi connectivity index (χ0) is 23.7. The molecule has 1 saturated heterocycles. The van der Waals surface area contributed by atoms with Gasteiger partial charge >= 0.3 is 6.09 Å². The molecule has 0 saturated carbocycles. The first-order valence-corrected chi connectivity index (χ1v) is 15.7. The van der Waals surface area contributed by atoms with Gasteiger partial charge in [0.25, 0.3) is 0 Å². The molecule has 4 heteroatoms. The molecule has 178 valence electrons. The number of ether oxygens (including phenoxy) is 1. The minimum absolute atomic E-state index is 0.175. The quantitative estimate of drug-likeness (QED) is 0.372. The molecule has 1 heterocycles. The highest BCUT2D eigenvalue weighted by molar-refractivity contribution is 6.95. The molecule has 3 rings (SSSR count). The number of benzene rings is 2. The minimum Gasteiger partial charge on any atom is -0.445 e. The molecule has 0 unspecified atom stereocenters. The first-order chi connectivity index (χ1) is 16.0. The van der Waals surface area contributed by atoms with Crippen molar-refractivity contribution in [1.29, 1.82) is 0 Å². The lowest BCUT2D eigenvalue weighted by Crippen LogP contribution is -2.45. The summed E-state index contributed by atoms with van der Waals surface area (Å²) in [7, 11) is -1.73. The average Bonchev–Trinajstić information content (AvgIpc) is 2.86. The van der Waals surface area contributed by atoms with Gasteiger partial charge in [0.15, 0.2) is 0 Å². The fraction of sp³-hybridized carbons (Fsp3) is 0.483. The standard InChI is InChI=1S/C29H41NO2Si/c1-5-13-27(28(14-6-2)33(3,4)26-17-11-8-12-18-26)25-19-21-30(22-20-25)29(31)32-23-24-15-9-7-10-16-24/h7-12,15-18,25H,5-6,13-14,19-23H2,1-4H3/b28-27+. The molecule has 0 aromatic heterocycles. The largest absolute Gasteiger partial charge is 0.445 e. The van der Waals surface area contributed by atoms with Gasteiger partial charge in [0, 0.05) is 13.1 Å². The van der Waals surface area contributed by atoms with Gasteiger partial charge in [0.05, 0.1) is 0 Å². The van der Waals surface area contributed by atoms with E-state index in [1.54, 1.807) is 10.8 Å². The number of likely N-dealkylation sites (tertiary alicyclic amines) is 1. The number of carbonyl (C=O) groups is 1. The minimum atomic E-state index is -1.73. The maximum absolute atomic E-state index is 12.7. The second-order valence-electron chi connectivity index (χ2n) is 9.80. The number of carbonyl (C=O) groups excluding carboxylic acids is 1. The lowest BCUT2D eigenvalue weighted by molar-refractivity contribution is 0.0845. The van der Waals surface area contributed by atoms with Gasteiger partial charge in [0.1, 0.15) is 14.7 Å². The van der Waals surface area contributed by atoms with Gasteiger partial charge in [0.2, 0.25) is 0 Å². The molecule has 0 bridgehead atoms. The van der Waals surface area contributed by atoms with Crippen LogP contribution in [0.15, 0.2) is 71.4 Å². The zero-order valence-electron chi connectivity index (χ0n) is 21.0. The summed E-state index contributed by atoms with van der Waals surface area (Å²) in [4.78, 5) is 14.6. The fourth-order valence-corrected chi connectivity index (χ4v) is 8.63. The van der Waals surface area contributed by atoms with Crippen molar-refractivity contribution in [3.05, 3.63) is 77.0 Å². The van der Waals surface area contributed by atoms with Crippen LogP contribution in [0.1, 0.15) is 57.9 Å². The Kier molecular flexibility index (Phi) is 9.37. The Morgan fingerprint density at radius 2 is 1.48 bits per heavy atom. The van der Waals surface area contributed by atoms with Crippen LogP contribution >= 0.6 is 0 Å². The normalized spacial score (nSPS) is 15.8. The highest BCUT2D eigenvalue weighted by Gasteiger charge is 2.33. The maximum atomic E-state index is 12.7. The van der Waals surface area contributed by atoms with E-state index in [4.69, 9.17) is 4.74 Å². The number of hydrogen-bond acceptors (Lipinski definition) is 2. The molecule has 0 aliphatic carbocycles. The molecule has 1 amide bonds. The number of nitrogens with zero attached hydrogens (tertiary/aromatic N) is 1. The van der Waals surface area contributed by atoms with Gasteiger partial charge in [-0.25, -0.2) is 4.79 Å². The summed E-state index contributed by atoms with van der Waals surface area (Å²) in [5.41, 5.74) is 2.74. The third-order valence-corrected chi connectivity index (χ3v) is 11.0. The Hall–Kier alpha value is -2.33. The first-order valence-electron chi connectivity index (χ1n) is 12.7. The van der Waals surface area contributed by atoms with E-state index < -0.39 is 8.07 Å². The molecule has 1 aliphatic rings. The molecule has 2 aromatic carbocycles. The Morgan fingerprint density at radius 1 is 0.909 bits per heavy atom. The molecular formula is C29H41NO2Si. The monoisotopic (exact) mass is 463 g/mol. The highest BCUT2D eigenvalue weighted by atomic mass is 28.3. The van der Waals surface area contributed by atoms with Crippen LogP contribution in [0.2, 0.25) is 13.1 Å². The van der Waals surface area contributed by atoms with Crippen LogP contribution in [0.25, 0.3) is 0 Å². The van der Waals surface area contributed by atoms with E-state index >= 15 is 0 Å².